The van der Waals surface area contributed by atoms with Crippen LogP contribution in [0.25, 0.3) is 28.4 Å². The third-order valence-corrected chi connectivity index (χ3v) is 9.70. The van der Waals surface area contributed by atoms with E-state index in [0.717, 1.165) is 23.2 Å². The summed E-state index contributed by atoms with van der Waals surface area (Å²) in [5.41, 5.74) is 4.11. The van der Waals surface area contributed by atoms with E-state index in [4.69, 9.17) is 4.42 Å². The van der Waals surface area contributed by atoms with Crippen LogP contribution < -0.4 is 9.62 Å². The summed E-state index contributed by atoms with van der Waals surface area (Å²) in [5.74, 6) is -0.445. The second kappa shape index (κ2) is 12.1. The van der Waals surface area contributed by atoms with Crippen molar-refractivity contribution in [3.8, 4) is 11.3 Å². The molecule has 0 saturated carbocycles. The van der Waals surface area contributed by atoms with Crippen LogP contribution in [-0.2, 0) is 10.0 Å². The van der Waals surface area contributed by atoms with E-state index in [1.165, 1.54) is 33.8 Å². The third kappa shape index (κ3) is 6.05. The smallest absolute Gasteiger partial charge is 0.255 e. The number of nitrogens with zero attached hydrogens (tertiary/aromatic N) is 2. The fourth-order valence-electron chi connectivity index (χ4n) is 5.24. The Hall–Kier alpha value is -3.60. The predicted molar refractivity (Wildman–Crippen MR) is 165 cm³/mol. The summed E-state index contributed by atoms with van der Waals surface area (Å²) >= 11 is 1.52. The van der Waals surface area contributed by atoms with Gasteiger partial charge in [-0.1, -0.05) is 42.3 Å². The molecule has 0 aliphatic carbocycles. The highest BCUT2D eigenvalue weighted by Crippen LogP contribution is 2.42. The quantitative estimate of drug-likeness (QED) is 0.235. The molecule has 10 heteroatoms. The highest BCUT2D eigenvalue weighted by atomic mass is 32.2. The molecule has 0 radical (unpaired) electrons. The van der Waals surface area contributed by atoms with Crippen LogP contribution in [0.4, 0.5) is 10.1 Å². The SMILES string of the molecule is CNC(=O)c1c(-c2ccc(F)cc2)oc2cc(N(C)SC)c([C@H]3CCCN(S(=O)(=O)/C=C/c4ccccc4)C3)cc12. The molecule has 1 aliphatic heterocycles. The van der Waals surface area contributed by atoms with E-state index in [1.807, 2.05) is 60.1 Å². The zero-order chi connectivity index (χ0) is 29.1. The molecule has 1 aromatic heterocycles. The second-order valence-corrected chi connectivity index (χ2v) is 12.7. The molecule has 1 amide bonds. The van der Waals surface area contributed by atoms with Crippen molar-refractivity contribution in [2.75, 3.05) is 37.7 Å². The van der Waals surface area contributed by atoms with Crippen molar-refractivity contribution in [2.24, 2.45) is 0 Å². The molecule has 7 nitrogen and oxygen atoms in total. The van der Waals surface area contributed by atoms with E-state index in [1.54, 1.807) is 25.3 Å². The van der Waals surface area contributed by atoms with E-state index in [0.29, 0.717) is 47.4 Å². The van der Waals surface area contributed by atoms with Gasteiger partial charge in [0.15, 0.2) is 0 Å². The lowest BCUT2D eigenvalue weighted by molar-refractivity contribution is 0.0964. The Morgan fingerprint density at radius 2 is 1.88 bits per heavy atom. The lowest BCUT2D eigenvalue weighted by atomic mass is 9.89. The van der Waals surface area contributed by atoms with Gasteiger partial charge in [-0.3, -0.25) is 4.79 Å². The van der Waals surface area contributed by atoms with Crippen molar-refractivity contribution in [3.05, 3.63) is 94.6 Å². The van der Waals surface area contributed by atoms with Crippen LogP contribution in [0.15, 0.2) is 76.6 Å². The minimum absolute atomic E-state index is 0.0978. The van der Waals surface area contributed by atoms with E-state index < -0.39 is 10.0 Å². The number of piperidine rings is 1. The molecule has 0 unspecified atom stereocenters. The third-order valence-electron chi connectivity index (χ3n) is 7.43. The van der Waals surface area contributed by atoms with E-state index in [-0.39, 0.29) is 17.6 Å². The zero-order valence-corrected chi connectivity index (χ0v) is 24.8. The first-order valence-corrected chi connectivity index (χ1v) is 16.0. The van der Waals surface area contributed by atoms with Crippen LogP contribution >= 0.6 is 11.9 Å². The summed E-state index contributed by atoms with van der Waals surface area (Å²) in [5, 5.41) is 4.60. The molecule has 5 rings (SSSR count). The van der Waals surface area contributed by atoms with Gasteiger partial charge in [-0.05, 0) is 66.3 Å². The molecular formula is C31H32FN3O4S2. The number of halogens is 1. The van der Waals surface area contributed by atoms with Crippen molar-refractivity contribution < 1.29 is 22.0 Å². The minimum Gasteiger partial charge on any atom is -0.455 e. The number of hydrogen-bond donors (Lipinski definition) is 1. The number of carbonyl (C=O) groups excluding carboxylic acids is 1. The van der Waals surface area contributed by atoms with Crippen molar-refractivity contribution in [2.45, 2.75) is 18.8 Å². The van der Waals surface area contributed by atoms with Crippen LogP contribution in [-0.4, -0.2) is 52.1 Å². The fraction of sp³-hybridized carbons (Fsp3) is 0.258. The number of fused-ring (bicyclic) bond motifs is 1. The number of anilines is 1. The summed E-state index contributed by atoms with van der Waals surface area (Å²) in [6.45, 7) is 0.762. The van der Waals surface area contributed by atoms with Crippen LogP contribution in [0.1, 0.15) is 40.2 Å². The molecule has 3 aromatic carbocycles. The lowest BCUT2D eigenvalue weighted by Gasteiger charge is -2.33. The molecule has 41 heavy (non-hydrogen) atoms. The molecule has 1 fully saturated rings. The Bertz CT molecular complexity index is 1690. The maximum atomic E-state index is 13.7. The van der Waals surface area contributed by atoms with E-state index in [2.05, 4.69) is 5.32 Å². The Labute approximate surface area is 244 Å². The molecule has 4 aromatic rings. The molecule has 214 valence electrons. The number of rotatable bonds is 8. The average Bonchev–Trinajstić information content (AvgIpc) is 3.38. The van der Waals surface area contributed by atoms with E-state index >= 15 is 0 Å². The minimum atomic E-state index is -3.64. The van der Waals surface area contributed by atoms with Gasteiger partial charge in [0, 0.05) is 55.9 Å². The van der Waals surface area contributed by atoms with Gasteiger partial charge in [0.25, 0.3) is 5.91 Å². The molecule has 1 saturated heterocycles. The maximum Gasteiger partial charge on any atom is 0.255 e. The van der Waals surface area contributed by atoms with Crippen LogP contribution in [0.2, 0.25) is 0 Å². The summed E-state index contributed by atoms with van der Waals surface area (Å²) in [6.07, 6.45) is 5.09. The summed E-state index contributed by atoms with van der Waals surface area (Å²) in [6, 6.07) is 19.0. The summed E-state index contributed by atoms with van der Waals surface area (Å²) in [4.78, 5) is 13.1. The first-order valence-electron chi connectivity index (χ1n) is 13.3. The lowest BCUT2D eigenvalue weighted by Crippen LogP contribution is -2.38. The fourth-order valence-corrected chi connectivity index (χ4v) is 6.87. The highest BCUT2D eigenvalue weighted by Gasteiger charge is 2.32. The summed E-state index contributed by atoms with van der Waals surface area (Å²) < 4.78 is 50.1. The zero-order valence-electron chi connectivity index (χ0n) is 23.1. The number of carbonyl (C=O) groups is 1. The predicted octanol–water partition coefficient (Wildman–Crippen LogP) is 6.49. The van der Waals surface area contributed by atoms with Crippen LogP contribution in [0, 0.1) is 5.82 Å². The van der Waals surface area contributed by atoms with E-state index in [9.17, 15) is 17.6 Å². The normalized spacial score (nSPS) is 16.3. The number of sulfonamides is 1. The number of furan rings is 1. The van der Waals surface area contributed by atoms with Gasteiger partial charge in [-0.2, -0.15) is 4.31 Å². The molecule has 0 bridgehead atoms. The largest absolute Gasteiger partial charge is 0.455 e. The average molecular weight is 594 g/mol. The van der Waals surface area contributed by atoms with Gasteiger partial charge in [0.1, 0.15) is 17.2 Å². The molecule has 1 atom stereocenters. The Balaban J connectivity index is 1.58. The molecule has 0 spiro atoms. The monoisotopic (exact) mass is 593 g/mol. The standard InChI is InChI=1S/C31H32FN3O4S2/c1-33-31(36)29-26-18-25(23-10-7-16-35(20-23)41(37,38)17-15-21-8-5-4-6-9-21)27(34(2)40-3)19-28(26)39-30(29)22-11-13-24(32)14-12-22/h4-6,8-9,11-15,17-19,23H,7,10,16,20H2,1-3H3,(H,33,36)/b17-15+/t23-/m0/s1. The van der Waals surface area contributed by atoms with Gasteiger partial charge in [0.2, 0.25) is 10.0 Å². The van der Waals surface area contributed by atoms with Gasteiger partial charge < -0.3 is 14.0 Å². The molecule has 2 heterocycles. The van der Waals surface area contributed by atoms with Crippen molar-refractivity contribution in [3.63, 3.8) is 0 Å². The van der Waals surface area contributed by atoms with Crippen LogP contribution in [0.5, 0.6) is 0 Å². The number of hydrogen-bond acceptors (Lipinski definition) is 6. The van der Waals surface area contributed by atoms with Crippen LogP contribution in [0.3, 0.4) is 0 Å². The molecule has 1 aliphatic rings. The van der Waals surface area contributed by atoms with Gasteiger partial charge in [-0.15, -0.1) is 0 Å². The number of amides is 1. The van der Waals surface area contributed by atoms with Gasteiger partial charge in [-0.25, -0.2) is 12.8 Å². The van der Waals surface area contributed by atoms with Gasteiger partial charge in [0.05, 0.1) is 11.3 Å². The summed E-state index contributed by atoms with van der Waals surface area (Å²) in [7, 11) is -0.146. The van der Waals surface area contributed by atoms with Gasteiger partial charge >= 0.3 is 0 Å². The Morgan fingerprint density at radius 1 is 1.15 bits per heavy atom. The first-order chi connectivity index (χ1) is 19.7. The topological polar surface area (TPSA) is 82.9 Å². The second-order valence-electron chi connectivity index (χ2n) is 9.93. The maximum absolute atomic E-state index is 13.7. The van der Waals surface area contributed by atoms with Crippen molar-refractivity contribution in [1.82, 2.24) is 9.62 Å². The van der Waals surface area contributed by atoms with Crippen molar-refractivity contribution >= 4 is 50.6 Å². The Kier molecular flexibility index (Phi) is 8.53. The highest BCUT2D eigenvalue weighted by molar-refractivity contribution is 7.99. The Morgan fingerprint density at radius 3 is 2.56 bits per heavy atom. The number of nitrogens with one attached hydrogen (secondary N) is 1. The molecular weight excluding hydrogens is 561 g/mol. The van der Waals surface area contributed by atoms with Crippen molar-refractivity contribution in [1.29, 1.82) is 0 Å². The first kappa shape index (κ1) is 28.9. The molecule has 1 N–H and O–H groups in total. The number of benzene rings is 3.